The number of hydrogen-bond donors (Lipinski definition) is 0. The summed E-state index contributed by atoms with van der Waals surface area (Å²) >= 11 is 0. The van der Waals surface area contributed by atoms with Crippen molar-refractivity contribution in [1.82, 2.24) is 9.80 Å². The summed E-state index contributed by atoms with van der Waals surface area (Å²) in [5, 5.41) is 0. The Balaban J connectivity index is 2.24. The average Bonchev–Trinajstić information content (AvgIpc) is 2.58. The smallest absolute Gasteiger partial charge is 0.0882 e. The standard InChI is InChI=1S/C15H24N2/c1-15(2,3)13-8-6-12(7-9-13)14-16(4)10-11-17(14)5/h6-9,14H,10-11H2,1-5H3. The maximum Gasteiger partial charge on any atom is 0.0882 e. The van der Waals surface area contributed by atoms with Gasteiger partial charge in [0.1, 0.15) is 0 Å². The van der Waals surface area contributed by atoms with Crippen molar-refractivity contribution >= 4 is 0 Å². The van der Waals surface area contributed by atoms with Gasteiger partial charge in [-0.1, -0.05) is 45.0 Å². The van der Waals surface area contributed by atoms with Crippen molar-refractivity contribution in [3.05, 3.63) is 35.4 Å². The van der Waals surface area contributed by atoms with Crippen LogP contribution in [0.5, 0.6) is 0 Å². The Labute approximate surface area is 105 Å². The van der Waals surface area contributed by atoms with Crippen molar-refractivity contribution in [2.24, 2.45) is 0 Å². The molecule has 1 aromatic rings. The Morgan fingerprint density at radius 3 is 1.82 bits per heavy atom. The average molecular weight is 232 g/mol. The van der Waals surface area contributed by atoms with Crippen LogP contribution in [0.1, 0.15) is 38.1 Å². The predicted molar refractivity (Wildman–Crippen MR) is 73.1 cm³/mol. The van der Waals surface area contributed by atoms with Crippen molar-refractivity contribution in [1.29, 1.82) is 0 Å². The van der Waals surface area contributed by atoms with Crippen LogP contribution in [0.3, 0.4) is 0 Å². The van der Waals surface area contributed by atoms with Crippen LogP contribution in [0.25, 0.3) is 0 Å². The molecule has 0 atom stereocenters. The van der Waals surface area contributed by atoms with Gasteiger partial charge in [-0.3, -0.25) is 9.80 Å². The van der Waals surface area contributed by atoms with Gasteiger partial charge in [0.25, 0.3) is 0 Å². The van der Waals surface area contributed by atoms with Gasteiger partial charge in [-0.05, 0) is 30.6 Å². The van der Waals surface area contributed by atoms with Gasteiger partial charge >= 0.3 is 0 Å². The molecule has 0 saturated carbocycles. The molecule has 0 spiro atoms. The van der Waals surface area contributed by atoms with Crippen LogP contribution in [0, 0.1) is 0 Å². The zero-order chi connectivity index (χ0) is 12.6. The van der Waals surface area contributed by atoms with Crippen molar-refractivity contribution in [2.45, 2.75) is 32.4 Å². The molecule has 17 heavy (non-hydrogen) atoms. The molecule has 2 rings (SSSR count). The van der Waals surface area contributed by atoms with Crippen LogP contribution in [0.15, 0.2) is 24.3 Å². The largest absolute Gasteiger partial charge is 0.286 e. The predicted octanol–water partition coefficient (Wildman–Crippen LogP) is 2.86. The Bertz CT molecular complexity index is 365. The van der Waals surface area contributed by atoms with E-state index in [9.17, 15) is 0 Å². The summed E-state index contributed by atoms with van der Waals surface area (Å²) < 4.78 is 0. The van der Waals surface area contributed by atoms with Gasteiger partial charge in [0, 0.05) is 13.1 Å². The van der Waals surface area contributed by atoms with E-state index >= 15 is 0 Å². The van der Waals surface area contributed by atoms with Crippen LogP contribution in [-0.4, -0.2) is 37.0 Å². The lowest BCUT2D eigenvalue weighted by Crippen LogP contribution is -2.25. The normalized spacial score (nSPS) is 20.1. The molecule has 0 unspecified atom stereocenters. The van der Waals surface area contributed by atoms with E-state index in [2.05, 4.69) is 68.9 Å². The topological polar surface area (TPSA) is 6.48 Å². The van der Waals surface area contributed by atoms with Crippen LogP contribution in [0.2, 0.25) is 0 Å². The first kappa shape index (κ1) is 12.6. The zero-order valence-electron chi connectivity index (χ0n) is 11.7. The SMILES string of the molecule is CN1CCN(C)C1c1ccc(C(C)(C)C)cc1. The van der Waals surface area contributed by atoms with Crippen molar-refractivity contribution < 1.29 is 0 Å². The Morgan fingerprint density at radius 1 is 0.941 bits per heavy atom. The number of nitrogens with zero attached hydrogens (tertiary/aromatic N) is 2. The number of hydrogen-bond acceptors (Lipinski definition) is 2. The quantitative estimate of drug-likeness (QED) is 0.734. The van der Waals surface area contributed by atoms with Crippen molar-refractivity contribution in [2.75, 3.05) is 27.2 Å². The van der Waals surface area contributed by atoms with Gasteiger partial charge in [0.15, 0.2) is 0 Å². The lowest BCUT2D eigenvalue weighted by atomic mass is 9.86. The molecule has 1 fully saturated rings. The molecule has 1 aliphatic heterocycles. The first-order chi connectivity index (χ1) is 7.89. The third kappa shape index (κ3) is 2.53. The Morgan fingerprint density at radius 2 is 1.41 bits per heavy atom. The molecule has 1 aromatic carbocycles. The molecule has 1 aliphatic rings. The summed E-state index contributed by atoms with van der Waals surface area (Å²) in [6.07, 6.45) is 0.448. The maximum atomic E-state index is 2.41. The molecule has 0 aromatic heterocycles. The summed E-state index contributed by atoms with van der Waals surface area (Å²) in [5.74, 6) is 0. The molecule has 0 bridgehead atoms. The van der Waals surface area contributed by atoms with E-state index < -0.39 is 0 Å². The van der Waals surface area contributed by atoms with Crippen LogP contribution in [0.4, 0.5) is 0 Å². The lowest BCUT2D eigenvalue weighted by molar-refractivity contribution is 0.190. The van der Waals surface area contributed by atoms with Gasteiger partial charge in [0.2, 0.25) is 0 Å². The monoisotopic (exact) mass is 232 g/mol. The highest BCUT2D eigenvalue weighted by Crippen LogP contribution is 2.29. The summed E-state index contributed by atoms with van der Waals surface area (Å²) in [6, 6.07) is 9.11. The summed E-state index contributed by atoms with van der Waals surface area (Å²) in [5.41, 5.74) is 3.05. The van der Waals surface area contributed by atoms with Gasteiger partial charge in [-0.2, -0.15) is 0 Å². The van der Waals surface area contributed by atoms with E-state index in [-0.39, 0.29) is 5.41 Å². The minimum Gasteiger partial charge on any atom is -0.286 e. The highest BCUT2D eigenvalue weighted by molar-refractivity contribution is 5.29. The molecule has 1 heterocycles. The number of likely N-dealkylation sites (N-methyl/N-ethyl adjacent to an activating group) is 2. The molecular formula is C15H24N2. The molecule has 1 saturated heterocycles. The first-order valence-electron chi connectivity index (χ1n) is 6.40. The molecule has 0 N–H and O–H groups in total. The second kappa shape index (κ2) is 4.43. The fourth-order valence-corrected chi connectivity index (χ4v) is 2.56. The Hall–Kier alpha value is -0.860. The zero-order valence-corrected chi connectivity index (χ0v) is 11.7. The third-order valence-corrected chi connectivity index (χ3v) is 3.72. The van der Waals surface area contributed by atoms with E-state index in [4.69, 9.17) is 0 Å². The minimum absolute atomic E-state index is 0.242. The fraction of sp³-hybridized carbons (Fsp3) is 0.600. The van der Waals surface area contributed by atoms with E-state index in [0.717, 1.165) is 13.1 Å². The molecule has 2 nitrogen and oxygen atoms in total. The summed E-state index contributed by atoms with van der Waals surface area (Å²) in [6.45, 7) is 9.09. The molecule has 0 radical (unpaired) electrons. The van der Waals surface area contributed by atoms with E-state index in [1.807, 2.05) is 0 Å². The van der Waals surface area contributed by atoms with Gasteiger partial charge in [-0.25, -0.2) is 0 Å². The van der Waals surface area contributed by atoms with Crippen LogP contribution >= 0.6 is 0 Å². The summed E-state index contributed by atoms with van der Waals surface area (Å²) in [4.78, 5) is 4.82. The molecular weight excluding hydrogens is 208 g/mol. The first-order valence-corrected chi connectivity index (χ1v) is 6.40. The second-order valence-corrected chi connectivity index (χ2v) is 6.21. The van der Waals surface area contributed by atoms with Crippen LogP contribution < -0.4 is 0 Å². The van der Waals surface area contributed by atoms with Gasteiger partial charge in [-0.15, -0.1) is 0 Å². The number of rotatable bonds is 1. The van der Waals surface area contributed by atoms with Crippen molar-refractivity contribution in [3.63, 3.8) is 0 Å². The highest BCUT2D eigenvalue weighted by atomic mass is 15.4. The van der Waals surface area contributed by atoms with Crippen LogP contribution in [-0.2, 0) is 5.41 Å². The highest BCUT2D eigenvalue weighted by Gasteiger charge is 2.27. The second-order valence-electron chi connectivity index (χ2n) is 6.21. The maximum absolute atomic E-state index is 2.41. The molecule has 2 heteroatoms. The van der Waals surface area contributed by atoms with E-state index in [0.29, 0.717) is 6.17 Å². The van der Waals surface area contributed by atoms with Crippen molar-refractivity contribution in [3.8, 4) is 0 Å². The Kier molecular flexibility index (Phi) is 3.28. The minimum atomic E-state index is 0.242. The van der Waals surface area contributed by atoms with E-state index in [1.54, 1.807) is 0 Å². The molecule has 0 amide bonds. The summed E-state index contributed by atoms with van der Waals surface area (Å²) in [7, 11) is 4.40. The lowest BCUT2D eigenvalue weighted by Gasteiger charge is -2.26. The fourth-order valence-electron chi connectivity index (χ4n) is 2.56. The third-order valence-electron chi connectivity index (χ3n) is 3.72. The van der Waals surface area contributed by atoms with Gasteiger partial charge < -0.3 is 0 Å². The number of benzene rings is 1. The van der Waals surface area contributed by atoms with E-state index in [1.165, 1.54) is 11.1 Å². The molecule has 94 valence electrons. The van der Waals surface area contributed by atoms with Gasteiger partial charge in [0.05, 0.1) is 6.17 Å². The molecule has 0 aliphatic carbocycles.